The molecule has 0 radical (unpaired) electrons. The van der Waals surface area contributed by atoms with Crippen LogP contribution in [-0.4, -0.2) is 79.4 Å². The number of benzene rings is 1. The molecule has 0 spiro atoms. The van der Waals surface area contributed by atoms with E-state index in [1.807, 2.05) is 20.8 Å². The number of carbonyl (C=O) groups excluding carboxylic acids is 2. The summed E-state index contributed by atoms with van der Waals surface area (Å²) in [5.41, 5.74) is -0.503. The lowest BCUT2D eigenvalue weighted by Crippen LogP contribution is -2.48. The van der Waals surface area contributed by atoms with Crippen LogP contribution in [0.1, 0.15) is 63.4 Å². The van der Waals surface area contributed by atoms with Crippen molar-refractivity contribution in [2.75, 3.05) is 26.2 Å². The first kappa shape index (κ1) is 31.9. The SMILES string of the molecule is CC(C)(C)OC(=O)N1CCC(CCCCOc2cc(C(=O)NC[C@H](NS(=O)(=O)c3ccccc3)C(=O)O)on2)CC1. The van der Waals surface area contributed by atoms with Crippen molar-refractivity contribution >= 4 is 28.0 Å². The minimum atomic E-state index is -4.11. The molecule has 3 rings (SSSR count). The molecule has 1 aliphatic rings. The molecule has 0 saturated carbocycles. The number of ether oxygens (including phenoxy) is 2. The lowest BCUT2D eigenvalue weighted by molar-refractivity contribution is -0.138. The molecule has 226 valence electrons. The predicted molar refractivity (Wildman–Crippen MR) is 147 cm³/mol. The van der Waals surface area contributed by atoms with E-state index in [-0.39, 0.29) is 22.6 Å². The van der Waals surface area contributed by atoms with Gasteiger partial charge in [-0.05, 0) is 69.7 Å². The summed E-state index contributed by atoms with van der Waals surface area (Å²) in [6.45, 7) is 6.79. The molecule has 13 nitrogen and oxygen atoms in total. The Hall–Kier alpha value is -3.65. The van der Waals surface area contributed by atoms with E-state index in [9.17, 15) is 27.9 Å². The molecular formula is C27H38N4O9S. The number of aliphatic carboxylic acids is 1. The minimum Gasteiger partial charge on any atom is -0.480 e. The number of unbranched alkanes of at least 4 members (excludes halogenated alkanes) is 1. The van der Waals surface area contributed by atoms with Gasteiger partial charge >= 0.3 is 12.1 Å². The van der Waals surface area contributed by atoms with E-state index >= 15 is 0 Å². The Morgan fingerprint density at radius 1 is 1.15 bits per heavy atom. The zero-order chi connectivity index (χ0) is 30.0. The van der Waals surface area contributed by atoms with Gasteiger partial charge in [-0.25, -0.2) is 13.2 Å². The summed E-state index contributed by atoms with van der Waals surface area (Å²) in [5.74, 6) is -1.79. The number of nitrogens with one attached hydrogen (secondary N) is 2. The van der Waals surface area contributed by atoms with Crippen LogP contribution in [0.2, 0.25) is 0 Å². The first-order valence-corrected chi connectivity index (χ1v) is 15.0. The lowest BCUT2D eigenvalue weighted by atomic mass is 9.92. The fraction of sp³-hybridized carbons (Fsp3) is 0.556. The second-order valence-electron chi connectivity index (χ2n) is 10.8. The van der Waals surface area contributed by atoms with Crippen LogP contribution in [0.4, 0.5) is 4.79 Å². The summed E-state index contributed by atoms with van der Waals surface area (Å²) in [5, 5.41) is 15.4. The molecule has 1 atom stereocenters. The Morgan fingerprint density at radius 3 is 2.46 bits per heavy atom. The minimum absolute atomic E-state index is 0.0989. The van der Waals surface area contributed by atoms with Crippen molar-refractivity contribution in [2.45, 2.75) is 69.4 Å². The van der Waals surface area contributed by atoms with E-state index in [4.69, 9.17) is 14.0 Å². The zero-order valence-electron chi connectivity index (χ0n) is 23.5. The number of amides is 2. The van der Waals surface area contributed by atoms with Gasteiger partial charge in [-0.2, -0.15) is 4.72 Å². The van der Waals surface area contributed by atoms with Gasteiger partial charge in [0, 0.05) is 19.6 Å². The summed E-state index contributed by atoms with van der Waals surface area (Å²) < 4.78 is 42.9. The number of aromatic nitrogens is 1. The van der Waals surface area contributed by atoms with Crippen LogP contribution in [0.5, 0.6) is 5.88 Å². The molecule has 0 bridgehead atoms. The van der Waals surface area contributed by atoms with Crippen LogP contribution in [0.3, 0.4) is 0 Å². The highest BCUT2D eigenvalue weighted by atomic mass is 32.2. The van der Waals surface area contributed by atoms with Crippen LogP contribution in [0, 0.1) is 5.92 Å². The van der Waals surface area contributed by atoms with E-state index in [1.165, 1.54) is 30.3 Å². The number of nitrogens with zero attached hydrogens (tertiary/aromatic N) is 2. The maximum Gasteiger partial charge on any atom is 0.410 e. The monoisotopic (exact) mass is 594 g/mol. The number of piperidine rings is 1. The summed E-state index contributed by atoms with van der Waals surface area (Å²) in [7, 11) is -4.11. The van der Waals surface area contributed by atoms with E-state index in [0.29, 0.717) is 25.6 Å². The van der Waals surface area contributed by atoms with Crippen molar-refractivity contribution < 1.29 is 41.9 Å². The molecule has 41 heavy (non-hydrogen) atoms. The van der Waals surface area contributed by atoms with Crippen molar-refractivity contribution in [1.82, 2.24) is 20.1 Å². The highest BCUT2D eigenvalue weighted by Gasteiger charge is 2.28. The van der Waals surface area contributed by atoms with Crippen LogP contribution in [-0.2, 0) is 19.6 Å². The first-order valence-electron chi connectivity index (χ1n) is 13.5. The Bertz CT molecular complexity index is 1270. The van der Waals surface area contributed by atoms with Gasteiger partial charge in [-0.15, -0.1) is 0 Å². The first-order chi connectivity index (χ1) is 19.3. The number of carboxylic acid groups (broad SMARTS) is 1. The number of hydrogen-bond donors (Lipinski definition) is 3. The van der Waals surface area contributed by atoms with Crippen molar-refractivity contribution in [3.8, 4) is 5.88 Å². The number of hydrogen-bond acceptors (Lipinski definition) is 9. The lowest BCUT2D eigenvalue weighted by Gasteiger charge is -2.33. The molecule has 3 N–H and O–H groups in total. The van der Waals surface area contributed by atoms with Gasteiger partial charge in [0.2, 0.25) is 15.8 Å². The van der Waals surface area contributed by atoms with Gasteiger partial charge in [0.15, 0.2) is 0 Å². The van der Waals surface area contributed by atoms with E-state index in [2.05, 4.69) is 15.2 Å². The van der Waals surface area contributed by atoms with E-state index < -0.39 is 40.1 Å². The van der Waals surface area contributed by atoms with Gasteiger partial charge in [0.05, 0.1) is 17.6 Å². The van der Waals surface area contributed by atoms with Crippen molar-refractivity contribution in [2.24, 2.45) is 5.92 Å². The van der Waals surface area contributed by atoms with Crippen LogP contribution < -0.4 is 14.8 Å². The Balaban J connectivity index is 1.35. The maximum absolute atomic E-state index is 12.4. The fourth-order valence-electron chi connectivity index (χ4n) is 4.19. The third kappa shape index (κ3) is 10.4. The molecule has 14 heteroatoms. The topological polar surface area (TPSA) is 177 Å². The van der Waals surface area contributed by atoms with Gasteiger partial charge in [-0.1, -0.05) is 24.6 Å². The molecule has 2 heterocycles. The third-order valence-corrected chi connectivity index (χ3v) is 7.84. The summed E-state index contributed by atoms with van der Waals surface area (Å²) in [6, 6.07) is 6.98. The summed E-state index contributed by atoms with van der Waals surface area (Å²) >= 11 is 0. The van der Waals surface area contributed by atoms with Gasteiger partial charge < -0.3 is 29.3 Å². The molecule has 2 aromatic rings. The maximum atomic E-state index is 12.4. The van der Waals surface area contributed by atoms with Crippen LogP contribution >= 0.6 is 0 Å². The van der Waals surface area contributed by atoms with E-state index in [1.54, 1.807) is 11.0 Å². The van der Waals surface area contributed by atoms with Crippen LogP contribution in [0.25, 0.3) is 0 Å². The molecule has 0 unspecified atom stereocenters. The smallest absolute Gasteiger partial charge is 0.410 e. The standard InChI is InChI=1S/C27H38N4O9S/c1-27(2,3)39-26(35)31-14-12-19(13-15-31)9-7-8-16-38-23-17-22(40-29-23)24(32)28-18-21(25(33)34)30-41(36,37)20-10-5-4-6-11-20/h4-6,10-11,17,19,21,30H,7-9,12-16,18H2,1-3H3,(H,28,32)(H,33,34)/t21-/m0/s1. The highest BCUT2D eigenvalue weighted by molar-refractivity contribution is 7.89. The number of sulfonamides is 1. The molecule has 1 fully saturated rings. The third-order valence-electron chi connectivity index (χ3n) is 6.35. The molecule has 1 saturated heterocycles. The number of carbonyl (C=O) groups is 3. The Labute approximate surface area is 239 Å². The van der Waals surface area contributed by atoms with Crippen molar-refractivity contribution in [3.05, 3.63) is 42.2 Å². The van der Waals surface area contributed by atoms with Gasteiger partial charge in [0.1, 0.15) is 11.6 Å². The van der Waals surface area contributed by atoms with Gasteiger partial charge in [0.25, 0.3) is 11.8 Å². The molecule has 1 aromatic carbocycles. The number of rotatable bonds is 13. The van der Waals surface area contributed by atoms with Gasteiger partial charge in [-0.3, -0.25) is 9.59 Å². The highest BCUT2D eigenvalue weighted by Crippen LogP contribution is 2.24. The average Bonchev–Trinajstić information content (AvgIpc) is 3.39. The number of likely N-dealkylation sites (tertiary alicyclic amines) is 1. The van der Waals surface area contributed by atoms with Crippen molar-refractivity contribution in [3.63, 3.8) is 0 Å². The largest absolute Gasteiger partial charge is 0.480 e. The van der Waals surface area contributed by atoms with Crippen LogP contribution in [0.15, 0.2) is 45.8 Å². The Kier molecular flexibility index (Phi) is 11.1. The normalized spacial score (nSPS) is 15.2. The van der Waals surface area contributed by atoms with Crippen molar-refractivity contribution in [1.29, 1.82) is 0 Å². The number of carboxylic acids is 1. The predicted octanol–water partition coefficient (Wildman–Crippen LogP) is 3.03. The average molecular weight is 595 g/mol. The zero-order valence-corrected chi connectivity index (χ0v) is 24.3. The molecular weight excluding hydrogens is 556 g/mol. The summed E-state index contributed by atoms with van der Waals surface area (Å²) in [6.07, 6.45) is 4.30. The second-order valence-corrected chi connectivity index (χ2v) is 12.5. The molecule has 0 aliphatic carbocycles. The molecule has 2 amide bonds. The summed E-state index contributed by atoms with van der Waals surface area (Å²) in [4.78, 5) is 37.8. The quantitative estimate of drug-likeness (QED) is 0.292. The Morgan fingerprint density at radius 2 is 1.83 bits per heavy atom. The van der Waals surface area contributed by atoms with E-state index in [0.717, 1.165) is 32.1 Å². The second kappa shape index (κ2) is 14.3. The molecule has 1 aromatic heterocycles. The molecule has 1 aliphatic heterocycles. The fourth-order valence-corrected chi connectivity index (χ4v) is 5.40.